The Morgan fingerprint density at radius 2 is 1.88 bits per heavy atom. The second kappa shape index (κ2) is 8.11. The van der Waals surface area contributed by atoms with Gasteiger partial charge in [0, 0.05) is 30.6 Å². The van der Waals surface area contributed by atoms with Crippen molar-refractivity contribution in [3.63, 3.8) is 0 Å². The van der Waals surface area contributed by atoms with E-state index in [1.807, 2.05) is 0 Å². The lowest BCUT2D eigenvalue weighted by atomic mass is 9.84. The minimum absolute atomic E-state index is 0.00594. The first-order chi connectivity index (χ1) is 15.5. The fourth-order valence-electron chi connectivity index (χ4n) is 5.28. The van der Waals surface area contributed by atoms with Crippen molar-refractivity contribution in [3.05, 3.63) is 29.8 Å². The molecule has 2 N–H and O–H groups in total. The standard InChI is InChI=1S/C23H28N4O5/c1-32-16-7-5-13(6-8-16)20(28)24-15-11-18-21(29)25-17-9-10-26(22(30)14-3-2-4-14)19(17)23(31)27(18)12-15/h5-8,14-15,17-19H,2-4,9-12H2,1H3,(H,24,28)(H,25,29). The SMILES string of the molecule is COc1ccc(C(=O)NC2CC3C(=O)NC4CCN(C(=O)C5CCC5)C4C(=O)N3C2)cc1. The smallest absolute Gasteiger partial charge is 0.251 e. The van der Waals surface area contributed by atoms with E-state index in [2.05, 4.69) is 10.6 Å². The third kappa shape index (κ3) is 3.49. The van der Waals surface area contributed by atoms with E-state index in [1.54, 1.807) is 41.2 Å². The molecule has 4 amide bonds. The van der Waals surface area contributed by atoms with E-state index in [9.17, 15) is 19.2 Å². The van der Waals surface area contributed by atoms with Crippen LogP contribution in [0.25, 0.3) is 0 Å². The van der Waals surface area contributed by atoms with Crippen LogP contribution in [0.1, 0.15) is 42.5 Å². The fraction of sp³-hybridized carbons (Fsp3) is 0.565. The molecule has 9 heteroatoms. The van der Waals surface area contributed by atoms with Gasteiger partial charge in [-0.25, -0.2) is 0 Å². The molecule has 3 heterocycles. The first kappa shape index (κ1) is 20.8. The molecule has 1 aromatic carbocycles. The Kier molecular flexibility index (Phi) is 5.27. The van der Waals surface area contributed by atoms with E-state index in [0.717, 1.165) is 19.3 Å². The van der Waals surface area contributed by atoms with Crippen LogP contribution in [0.15, 0.2) is 24.3 Å². The van der Waals surface area contributed by atoms with Crippen molar-refractivity contribution >= 4 is 23.6 Å². The minimum atomic E-state index is -0.645. The number of ether oxygens (including phenoxy) is 1. The second-order valence-electron chi connectivity index (χ2n) is 9.15. The van der Waals surface area contributed by atoms with Gasteiger partial charge in [0.25, 0.3) is 5.91 Å². The molecule has 4 atom stereocenters. The summed E-state index contributed by atoms with van der Waals surface area (Å²) in [6.07, 6.45) is 3.75. The molecule has 0 radical (unpaired) electrons. The Bertz CT molecular complexity index is 944. The molecule has 0 spiro atoms. The van der Waals surface area contributed by atoms with Crippen LogP contribution in [-0.4, -0.2) is 77.8 Å². The van der Waals surface area contributed by atoms with E-state index in [4.69, 9.17) is 4.74 Å². The topological polar surface area (TPSA) is 108 Å². The number of fused-ring (bicyclic) bond motifs is 2. The molecule has 1 saturated carbocycles. The molecule has 1 aromatic rings. The van der Waals surface area contributed by atoms with Crippen molar-refractivity contribution in [1.29, 1.82) is 0 Å². The Morgan fingerprint density at radius 1 is 1.12 bits per heavy atom. The number of benzene rings is 1. The van der Waals surface area contributed by atoms with Crippen molar-refractivity contribution in [2.45, 2.75) is 56.3 Å². The number of hydrogen-bond acceptors (Lipinski definition) is 5. The Hall–Kier alpha value is -3.10. The number of rotatable bonds is 4. The molecule has 4 fully saturated rings. The van der Waals surface area contributed by atoms with Gasteiger partial charge < -0.3 is 25.2 Å². The number of likely N-dealkylation sites (tertiary alicyclic amines) is 1. The Balaban J connectivity index is 1.29. The van der Waals surface area contributed by atoms with Crippen LogP contribution in [0.5, 0.6) is 5.75 Å². The number of methoxy groups -OCH3 is 1. The van der Waals surface area contributed by atoms with Crippen LogP contribution in [0.2, 0.25) is 0 Å². The van der Waals surface area contributed by atoms with Crippen LogP contribution >= 0.6 is 0 Å². The summed E-state index contributed by atoms with van der Waals surface area (Å²) in [6.45, 7) is 0.750. The van der Waals surface area contributed by atoms with Gasteiger partial charge in [0.2, 0.25) is 17.7 Å². The van der Waals surface area contributed by atoms with Gasteiger partial charge >= 0.3 is 0 Å². The second-order valence-corrected chi connectivity index (χ2v) is 9.15. The fourth-order valence-corrected chi connectivity index (χ4v) is 5.28. The Labute approximate surface area is 186 Å². The Morgan fingerprint density at radius 3 is 2.53 bits per heavy atom. The van der Waals surface area contributed by atoms with Gasteiger partial charge in [-0.05, 0) is 49.9 Å². The van der Waals surface area contributed by atoms with Crippen LogP contribution < -0.4 is 15.4 Å². The molecule has 9 nitrogen and oxygen atoms in total. The van der Waals surface area contributed by atoms with E-state index in [-0.39, 0.29) is 48.2 Å². The van der Waals surface area contributed by atoms with Crippen molar-refractivity contribution in [3.8, 4) is 5.75 Å². The normalized spacial score (nSPS) is 29.5. The first-order valence-corrected chi connectivity index (χ1v) is 11.3. The van der Waals surface area contributed by atoms with Crippen molar-refractivity contribution in [1.82, 2.24) is 20.4 Å². The zero-order chi connectivity index (χ0) is 22.4. The highest BCUT2D eigenvalue weighted by atomic mass is 16.5. The lowest BCUT2D eigenvalue weighted by molar-refractivity contribution is -0.148. The molecular weight excluding hydrogens is 412 g/mol. The molecule has 3 saturated heterocycles. The summed E-state index contributed by atoms with van der Waals surface area (Å²) in [6, 6.07) is 4.82. The maximum Gasteiger partial charge on any atom is 0.251 e. The average Bonchev–Trinajstić information content (AvgIpc) is 3.34. The summed E-state index contributed by atoms with van der Waals surface area (Å²) in [5, 5.41) is 5.95. The predicted octanol–water partition coefficient (Wildman–Crippen LogP) is 0.294. The molecule has 0 aromatic heterocycles. The van der Waals surface area contributed by atoms with Gasteiger partial charge in [-0.2, -0.15) is 0 Å². The highest BCUT2D eigenvalue weighted by Crippen LogP contribution is 2.34. The van der Waals surface area contributed by atoms with Crippen LogP contribution in [0.3, 0.4) is 0 Å². The zero-order valence-corrected chi connectivity index (χ0v) is 18.1. The summed E-state index contributed by atoms with van der Waals surface area (Å²) in [4.78, 5) is 55.2. The van der Waals surface area contributed by atoms with E-state index in [0.29, 0.717) is 30.7 Å². The van der Waals surface area contributed by atoms with Gasteiger partial charge in [-0.1, -0.05) is 6.42 Å². The van der Waals surface area contributed by atoms with Crippen LogP contribution in [-0.2, 0) is 14.4 Å². The minimum Gasteiger partial charge on any atom is -0.497 e. The highest BCUT2D eigenvalue weighted by Gasteiger charge is 2.53. The molecular formula is C23H28N4O5. The van der Waals surface area contributed by atoms with E-state index < -0.39 is 12.1 Å². The van der Waals surface area contributed by atoms with Crippen molar-refractivity contribution < 1.29 is 23.9 Å². The molecule has 4 unspecified atom stereocenters. The van der Waals surface area contributed by atoms with E-state index in [1.165, 1.54) is 0 Å². The largest absolute Gasteiger partial charge is 0.497 e. The van der Waals surface area contributed by atoms with Crippen LogP contribution in [0.4, 0.5) is 0 Å². The van der Waals surface area contributed by atoms with Gasteiger partial charge in [0.15, 0.2) is 0 Å². The molecule has 32 heavy (non-hydrogen) atoms. The third-order valence-corrected chi connectivity index (χ3v) is 7.29. The molecule has 4 aliphatic rings. The number of hydrogen-bond donors (Lipinski definition) is 2. The van der Waals surface area contributed by atoms with Crippen molar-refractivity contribution in [2.24, 2.45) is 5.92 Å². The highest BCUT2D eigenvalue weighted by molar-refractivity contribution is 5.98. The van der Waals surface area contributed by atoms with Gasteiger partial charge in [0.05, 0.1) is 13.2 Å². The van der Waals surface area contributed by atoms with E-state index >= 15 is 0 Å². The quantitative estimate of drug-likeness (QED) is 0.700. The summed E-state index contributed by atoms with van der Waals surface area (Å²) in [7, 11) is 1.56. The summed E-state index contributed by atoms with van der Waals surface area (Å²) in [5.74, 6) is 0.0448. The number of carbonyl (C=O) groups is 4. The summed E-state index contributed by atoms with van der Waals surface area (Å²) >= 11 is 0. The molecule has 5 rings (SSSR count). The number of nitrogens with one attached hydrogen (secondary N) is 2. The molecule has 3 aliphatic heterocycles. The molecule has 0 bridgehead atoms. The maximum atomic E-state index is 13.5. The lowest BCUT2D eigenvalue weighted by Gasteiger charge is -2.34. The summed E-state index contributed by atoms with van der Waals surface area (Å²) < 4.78 is 5.12. The first-order valence-electron chi connectivity index (χ1n) is 11.3. The number of nitrogens with zero attached hydrogens (tertiary/aromatic N) is 2. The monoisotopic (exact) mass is 440 g/mol. The molecule has 1 aliphatic carbocycles. The van der Waals surface area contributed by atoms with Crippen molar-refractivity contribution in [2.75, 3.05) is 20.2 Å². The maximum absolute atomic E-state index is 13.5. The van der Waals surface area contributed by atoms with Gasteiger partial charge in [-0.3, -0.25) is 19.2 Å². The summed E-state index contributed by atoms with van der Waals surface area (Å²) in [5.41, 5.74) is 0.483. The van der Waals surface area contributed by atoms with Gasteiger partial charge in [0.1, 0.15) is 17.8 Å². The average molecular weight is 441 g/mol. The molecule has 170 valence electrons. The zero-order valence-electron chi connectivity index (χ0n) is 18.1. The lowest BCUT2D eigenvalue weighted by Crippen LogP contribution is -2.54. The third-order valence-electron chi connectivity index (χ3n) is 7.29. The number of amides is 4. The van der Waals surface area contributed by atoms with Gasteiger partial charge in [-0.15, -0.1) is 0 Å². The van der Waals surface area contributed by atoms with Crippen LogP contribution in [0, 0.1) is 5.92 Å². The number of carbonyl (C=O) groups excluding carboxylic acids is 4. The predicted molar refractivity (Wildman–Crippen MR) is 114 cm³/mol.